The molecular weight excluding hydrogens is 328 g/mol. The molecule has 4 aromatic rings. The first-order chi connectivity index (χ1) is 13.2. The fourth-order valence-electron chi connectivity index (χ4n) is 4.37. The second-order valence-corrected chi connectivity index (χ2v) is 7.22. The molecule has 130 valence electrons. The first-order valence-electron chi connectivity index (χ1n) is 9.28. The van der Waals surface area contributed by atoms with Crippen LogP contribution in [0.3, 0.4) is 0 Å². The van der Waals surface area contributed by atoms with Gasteiger partial charge in [0.2, 0.25) is 0 Å². The van der Waals surface area contributed by atoms with Gasteiger partial charge in [-0.05, 0) is 29.2 Å². The molecule has 1 aliphatic rings. The van der Waals surface area contributed by atoms with Crippen LogP contribution in [-0.4, -0.2) is 5.11 Å². The quantitative estimate of drug-likeness (QED) is 0.476. The molecule has 4 aromatic carbocycles. The molecule has 1 heteroatoms. The van der Waals surface area contributed by atoms with E-state index in [4.69, 9.17) is 0 Å². The Hall–Kier alpha value is -3.16. The van der Waals surface area contributed by atoms with Gasteiger partial charge in [-0.25, -0.2) is 0 Å². The maximum Gasteiger partial charge on any atom is 0.142 e. The number of aryl methyl sites for hydroxylation is 1. The van der Waals surface area contributed by atoms with Gasteiger partial charge in [-0.2, -0.15) is 0 Å². The van der Waals surface area contributed by atoms with Crippen molar-refractivity contribution in [2.45, 2.75) is 12.5 Å². The van der Waals surface area contributed by atoms with Crippen LogP contribution >= 0.6 is 0 Å². The lowest BCUT2D eigenvalue weighted by atomic mass is 9.80. The summed E-state index contributed by atoms with van der Waals surface area (Å²) in [6, 6.07) is 33.0. The lowest BCUT2D eigenvalue weighted by Gasteiger charge is -2.29. The van der Waals surface area contributed by atoms with Gasteiger partial charge in [0.25, 0.3) is 0 Å². The molecule has 0 fully saturated rings. The Bertz CT molecular complexity index is 1110. The average Bonchev–Trinajstić information content (AvgIpc) is 2.99. The number of hydrogen-bond donors (Lipinski definition) is 1. The highest BCUT2D eigenvalue weighted by atomic mass is 16.3. The van der Waals surface area contributed by atoms with E-state index in [-0.39, 0.29) is 0 Å². The summed E-state index contributed by atoms with van der Waals surface area (Å²) in [5.74, 6) is 0. The van der Waals surface area contributed by atoms with Crippen molar-refractivity contribution in [1.82, 2.24) is 0 Å². The topological polar surface area (TPSA) is 20.2 Å². The minimum absolute atomic E-state index is 0.924. The summed E-state index contributed by atoms with van der Waals surface area (Å²) in [5.41, 5.74) is 7.28. The standard InChI is InChI=1S/C26H20O/c1-18-9-8-10-19(17-18)20-11-2-5-14-23(20)26(27)24-15-6-3-12-21(24)22-13-4-7-16-25(22)26/h2-17,27H,1H3. The van der Waals surface area contributed by atoms with E-state index in [1.807, 2.05) is 48.5 Å². The summed E-state index contributed by atoms with van der Waals surface area (Å²) in [5, 5.41) is 12.2. The van der Waals surface area contributed by atoms with Crippen LogP contribution in [-0.2, 0) is 5.60 Å². The lowest BCUT2D eigenvalue weighted by molar-refractivity contribution is 0.131. The summed E-state index contributed by atoms with van der Waals surface area (Å²) in [7, 11) is 0. The van der Waals surface area contributed by atoms with Crippen molar-refractivity contribution in [2.75, 3.05) is 0 Å². The third-order valence-corrected chi connectivity index (χ3v) is 5.57. The minimum atomic E-state index is -1.16. The first-order valence-corrected chi connectivity index (χ1v) is 9.28. The maximum absolute atomic E-state index is 12.2. The molecule has 0 spiro atoms. The second-order valence-electron chi connectivity index (χ2n) is 7.22. The van der Waals surface area contributed by atoms with E-state index in [0.29, 0.717) is 0 Å². The van der Waals surface area contributed by atoms with Gasteiger partial charge in [-0.15, -0.1) is 0 Å². The number of fused-ring (bicyclic) bond motifs is 3. The molecule has 0 saturated heterocycles. The highest BCUT2D eigenvalue weighted by Gasteiger charge is 2.43. The first kappa shape index (κ1) is 16.0. The van der Waals surface area contributed by atoms with Crippen LogP contribution in [0.1, 0.15) is 22.3 Å². The van der Waals surface area contributed by atoms with E-state index in [1.54, 1.807) is 0 Å². The van der Waals surface area contributed by atoms with E-state index in [1.165, 1.54) is 5.56 Å². The van der Waals surface area contributed by atoms with Gasteiger partial charge in [-0.1, -0.05) is 103 Å². The normalized spacial score (nSPS) is 13.9. The zero-order valence-electron chi connectivity index (χ0n) is 15.2. The Morgan fingerprint density at radius 3 is 1.59 bits per heavy atom. The van der Waals surface area contributed by atoms with Gasteiger partial charge in [0.15, 0.2) is 0 Å². The monoisotopic (exact) mass is 348 g/mol. The Kier molecular flexibility index (Phi) is 3.53. The van der Waals surface area contributed by atoms with E-state index in [2.05, 4.69) is 55.5 Å². The largest absolute Gasteiger partial charge is 0.376 e. The van der Waals surface area contributed by atoms with Crippen molar-refractivity contribution in [1.29, 1.82) is 0 Å². The Balaban J connectivity index is 1.84. The molecule has 5 rings (SSSR count). The van der Waals surface area contributed by atoms with Gasteiger partial charge in [0.1, 0.15) is 5.60 Å². The average molecular weight is 348 g/mol. The Morgan fingerprint density at radius 1 is 0.556 bits per heavy atom. The fourth-order valence-corrected chi connectivity index (χ4v) is 4.37. The van der Waals surface area contributed by atoms with Crippen molar-refractivity contribution >= 4 is 0 Å². The molecule has 0 amide bonds. The zero-order chi connectivity index (χ0) is 18.4. The van der Waals surface area contributed by atoms with Crippen LogP contribution < -0.4 is 0 Å². The van der Waals surface area contributed by atoms with Crippen LogP contribution in [0.25, 0.3) is 22.3 Å². The highest BCUT2D eigenvalue weighted by Crippen LogP contribution is 2.52. The van der Waals surface area contributed by atoms with Crippen LogP contribution in [0.5, 0.6) is 0 Å². The van der Waals surface area contributed by atoms with E-state index < -0.39 is 5.60 Å². The van der Waals surface area contributed by atoms with Crippen LogP contribution in [0.4, 0.5) is 0 Å². The summed E-state index contributed by atoms with van der Waals surface area (Å²) in [6.07, 6.45) is 0. The molecule has 27 heavy (non-hydrogen) atoms. The molecule has 1 N–H and O–H groups in total. The minimum Gasteiger partial charge on any atom is -0.376 e. The lowest BCUT2D eigenvalue weighted by Crippen LogP contribution is -2.27. The van der Waals surface area contributed by atoms with E-state index in [0.717, 1.165) is 38.9 Å². The Labute approximate surface area is 159 Å². The van der Waals surface area contributed by atoms with E-state index >= 15 is 0 Å². The molecule has 0 bridgehead atoms. The van der Waals surface area contributed by atoms with Gasteiger partial charge < -0.3 is 5.11 Å². The molecule has 0 atom stereocenters. The van der Waals surface area contributed by atoms with Gasteiger partial charge in [-0.3, -0.25) is 0 Å². The van der Waals surface area contributed by atoms with Gasteiger partial charge in [0.05, 0.1) is 0 Å². The summed E-state index contributed by atoms with van der Waals surface area (Å²) in [6.45, 7) is 2.10. The summed E-state index contributed by atoms with van der Waals surface area (Å²) in [4.78, 5) is 0. The van der Waals surface area contributed by atoms with Crippen molar-refractivity contribution in [3.63, 3.8) is 0 Å². The van der Waals surface area contributed by atoms with Gasteiger partial charge in [0, 0.05) is 16.7 Å². The number of aliphatic hydroxyl groups is 1. The third-order valence-electron chi connectivity index (χ3n) is 5.57. The van der Waals surface area contributed by atoms with E-state index in [9.17, 15) is 5.11 Å². The maximum atomic E-state index is 12.2. The van der Waals surface area contributed by atoms with Crippen LogP contribution in [0, 0.1) is 6.92 Å². The molecule has 0 unspecified atom stereocenters. The molecule has 0 aromatic heterocycles. The molecular formula is C26H20O. The molecule has 0 heterocycles. The Morgan fingerprint density at radius 2 is 1.04 bits per heavy atom. The van der Waals surface area contributed by atoms with Crippen LogP contribution in [0.2, 0.25) is 0 Å². The smallest absolute Gasteiger partial charge is 0.142 e. The van der Waals surface area contributed by atoms with Gasteiger partial charge >= 0.3 is 0 Å². The van der Waals surface area contributed by atoms with Crippen molar-refractivity contribution < 1.29 is 5.11 Å². The fraction of sp³-hybridized carbons (Fsp3) is 0.0769. The van der Waals surface area contributed by atoms with Crippen molar-refractivity contribution in [3.8, 4) is 22.3 Å². The number of rotatable bonds is 2. The number of hydrogen-bond acceptors (Lipinski definition) is 1. The zero-order valence-corrected chi connectivity index (χ0v) is 15.2. The number of benzene rings is 4. The second kappa shape index (κ2) is 5.94. The predicted molar refractivity (Wildman–Crippen MR) is 111 cm³/mol. The van der Waals surface area contributed by atoms with Crippen molar-refractivity contribution in [3.05, 3.63) is 119 Å². The molecule has 1 nitrogen and oxygen atoms in total. The third kappa shape index (κ3) is 2.29. The highest BCUT2D eigenvalue weighted by molar-refractivity contribution is 5.84. The molecule has 0 saturated carbocycles. The SMILES string of the molecule is Cc1cccc(-c2ccccc2C2(O)c3ccccc3-c3ccccc32)c1. The summed E-state index contributed by atoms with van der Waals surface area (Å²) < 4.78 is 0. The van der Waals surface area contributed by atoms with Crippen molar-refractivity contribution in [2.24, 2.45) is 0 Å². The molecule has 1 aliphatic carbocycles. The molecule has 0 radical (unpaired) electrons. The summed E-state index contributed by atoms with van der Waals surface area (Å²) >= 11 is 0. The predicted octanol–water partition coefficient (Wildman–Crippen LogP) is 5.93. The van der Waals surface area contributed by atoms with Crippen LogP contribution in [0.15, 0.2) is 97.1 Å². The molecule has 0 aliphatic heterocycles.